The number of halogens is 2. The van der Waals surface area contributed by atoms with Crippen molar-refractivity contribution < 1.29 is 24.4 Å². The smallest absolute Gasteiger partial charge is 0.338 e. The highest BCUT2D eigenvalue weighted by molar-refractivity contribution is 6.35. The number of hydrogen-bond donors (Lipinski definition) is 1. The third kappa shape index (κ3) is 4.35. The molecule has 1 atom stereocenters. The zero-order chi connectivity index (χ0) is 20.3. The molecule has 28 heavy (non-hydrogen) atoms. The van der Waals surface area contributed by atoms with Crippen LogP contribution in [0.25, 0.3) is 0 Å². The van der Waals surface area contributed by atoms with Crippen molar-refractivity contribution in [3.63, 3.8) is 0 Å². The molecule has 1 fully saturated rings. The van der Waals surface area contributed by atoms with Crippen molar-refractivity contribution in [2.24, 2.45) is 0 Å². The van der Waals surface area contributed by atoms with E-state index in [1.165, 1.54) is 0 Å². The molecule has 8 heteroatoms. The number of rotatable bonds is 6. The lowest BCUT2D eigenvalue weighted by molar-refractivity contribution is -0.690. The van der Waals surface area contributed by atoms with Crippen molar-refractivity contribution in [1.82, 2.24) is 0 Å². The molecule has 1 unspecified atom stereocenters. The van der Waals surface area contributed by atoms with Gasteiger partial charge in [0.2, 0.25) is 5.91 Å². The van der Waals surface area contributed by atoms with Gasteiger partial charge in [-0.2, -0.15) is 0 Å². The van der Waals surface area contributed by atoms with E-state index in [9.17, 15) is 14.4 Å². The minimum atomic E-state index is -0.524. The van der Waals surface area contributed by atoms with E-state index in [2.05, 4.69) is 0 Å². The van der Waals surface area contributed by atoms with Gasteiger partial charge in [0.05, 0.1) is 29.3 Å². The van der Waals surface area contributed by atoms with Gasteiger partial charge in [0.15, 0.2) is 6.04 Å². The number of amides is 2. The standard InChI is InChI=1S/C20H18Cl2N2O4/c1-2-28-20(27)12-4-7-15(8-5-12)24-18(25)10-17(19(24)26)23-11-13-3-6-14(21)9-16(13)22/h3-9,17,23H,2,10-11H2,1H3/p+1. The van der Waals surface area contributed by atoms with Gasteiger partial charge in [-0.25, -0.2) is 9.69 Å². The van der Waals surface area contributed by atoms with E-state index in [4.69, 9.17) is 27.9 Å². The third-order valence-electron chi connectivity index (χ3n) is 4.46. The van der Waals surface area contributed by atoms with Crippen molar-refractivity contribution in [3.05, 3.63) is 63.6 Å². The normalized spacial score (nSPS) is 16.5. The van der Waals surface area contributed by atoms with Crippen molar-refractivity contribution in [2.45, 2.75) is 25.9 Å². The summed E-state index contributed by atoms with van der Waals surface area (Å²) < 4.78 is 4.93. The largest absolute Gasteiger partial charge is 0.462 e. The maximum absolute atomic E-state index is 12.7. The Morgan fingerprint density at radius 2 is 1.89 bits per heavy atom. The van der Waals surface area contributed by atoms with Crippen LogP contribution in [0.5, 0.6) is 0 Å². The van der Waals surface area contributed by atoms with E-state index < -0.39 is 12.0 Å². The first kappa shape index (κ1) is 20.3. The van der Waals surface area contributed by atoms with E-state index in [-0.39, 0.29) is 24.8 Å². The van der Waals surface area contributed by atoms with Crippen LogP contribution in [-0.2, 0) is 20.9 Å². The second-order valence-electron chi connectivity index (χ2n) is 6.32. The Bertz CT molecular complexity index is 915. The highest BCUT2D eigenvalue weighted by Crippen LogP contribution is 2.23. The van der Waals surface area contributed by atoms with E-state index in [1.54, 1.807) is 54.7 Å². The van der Waals surface area contributed by atoms with Crippen LogP contribution in [0, 0.1) is 0 Å². The monoisotopic (exact) mass is 421 g/mol. The molecule has 1 aliphatic heterocycles. The molecular weight excluding hydrogens is 403 g/mol. The molecule has 0 aliphatic carbocycles. The minimum absolute atomic E-state index is 0.101. The molecule has 6 nitrogen and oxygen atoms in total. The van der Waals surface area contributed by atoms with E-state index in [0.29, 0.717) is 27.8 Å². The van der Waals surface area contributed by atoms with Crippen LogP contribution in [0.15, 0.2) is 42.5 Å². The Kier molecular flexibility index (Phi) is 6.34. The molecule has 1 aliphatic rings. The second kappa shape index (κ2) is 8.73. The molecular formula is C20H19Cl2N2O4+. The Morgan fingerprint density at radius 1 is 1.18 bits per heavy atom. The molecule has 3 rings (SSSR count). The topological polar surface area (TPSA) is 80.3 Å². The van der Waals surface area contributed by atoms with Gasteiger partial charge >= 0.3 is 5.97 Å². The lowest BCUT2D eigenvalue weighted by Gasteiger charge is -2.15. The summed E-state index contributed by atoms with van der Waals surface area (Å²) in [5.74, 6) is -1.02. The second-order valence-corrected chi connectivity index (χ2v) is 7.16. The fourth-order valence-electron chi connectivity index (χ4n) is 3.03. The van der Waals surface area contributed by atoms with E-state index in [0.717, 1.165) is 10.5 Å². The third-order valence-corrected chi connectivity index (χ3v) is 5.04. The molecule has 0 bridgehead atoms. The first-order chi connectivity index (χ1) is 13.4. The predicted molar refractivity (Wildman–Crippen MR) is 105 cm³/mol. The number of hydrogen-bond acceptors (Lipinski definition) is 4. The molecule has 2 aromatic rings. The number of esters is 1. The highest BCUT2D eigenvalue weighted by Gasteiger charge is 2.42. The average Bonchev–Trinajstić information content (AvgIpc) is 2.95. The van der Waals surface area contributed by atoms with Crippen LogP contribution in [0.2, 0.25) is 10.0 Å². The molecule has 2 N–H and O–H groups in total. The van der Waals surface area contributed by atoms with Crippen LogP contribution in [0.3, 0.4) is 0 Å². The summed E-state index contributed by atoms with van der Waals surface area (Å²) in [6.45, 7) is 2.45. The summed E-state index contributed by atoms with van der Waals surface area (Å²) in [7, 11) is 0. The molecule has 0 saturated carbocycles. The zero-order valence-corrected chi connectivity index (χ0v) is 16.7. The maximum Gasteiger partial charge on any atom is 0.338 e. The summed E-state index contributed by atoms with van der Waals surface area (Å²) in [5, 5.41) is 2.85. The lowest BCUT2D eigenvalue weighted by Crippen LogP contribution is -2.90. The van der Waals surface area contributed by atoms with Gasteiger partial charge in [-0.3, -0.25) is 9.59 Å². The van der Waals surface area contributed by atoms with Gasteiger partial charge in [-0.1, -0.05) is 29.3 Å². The Hall–Kier alpha value is -2.41. The number of quaternary nitrogens is 1. The van der Waals surface area contributed by atoms with Crippen LogP contribution in [-0.4, -0.2) is 30.4 Å². The van der Waals surface area contributed by atoms with E-state index >= 15 is 0 Å². The predicted octanol–water partition coefficient (Wildman–Crippen LogP) is 2.57. The van der Waals surface area contributed by atoms with Gasteiger partial charge in [-0.15, -0.1) is 0 Å². The van der Waals surface area contributed by atoms with Crippen molar-refractivity contribution in [2.75, 3.05) is 11.5 Å². The van der Waals surface area contributed by atoms with Gasteiger partial charge < -0.3 is 10.1 Å². The van der Waals surface area contributed by atoms with Crippen molar-refractivity contribution >= 4 is 46.7 Å². The lowest BCUT2D eigenvalue weighted by atomic mass is 10.2. The summed E-state index contributed by atoms with van der Waals surface area (Å²) in [4.78, 5) is 38.0. The maximum atomic E-state index is 12.7. The van der Waals surface area contributed by atoms with Crippen LogP contribution >= 0.6 is 23.2 Å². The van der Waals surface area contributed by atoms with Gasteiger partial charge in [0, 0.05) is 10.6 Å². The fraction of sp³-hybridized carbons (Fsp3) is 0.250. The SMILES string of the molecule is CCOC(=O)c1ccc(N2C(=O)CC([NH2+]Cc3ccc(Cl)cc3Cl)C2=O)cc1. The molecule has 1 heterocycles. The molecule has 0 aromatic heterocycles. The number of benzene rings is 2. The molecule has 2 amide bonds. The van der Waals surface area contributed by atoms with Crippen LogP contribution in [0.1, 0.15) is 29.3 Å². The fourth-order valence-corrected chi connectivity index (χ4v) is 3.51. The van der Waals surface area contributed by atoms with Gasteiger partial charge in [-0.05, 0) is 43.3 Å². The Labute approximate surface area is 172 Å². The molecule has 0 spiro atoms. The first-order valence-corrected chi connectivity index (χ1v) is 9.57. The number of ether oxygens (including phenoxy) is 1. The Balaban J connectivity index is 1.68. The number of nitrogens with zero attached hydrogens (tertiary/aromatic N) is 1. The summed E-state index contributed by atoms with van der Waals surface area (Å²) >= 11 is 12.1. The quantitative estimate of drug-likeness (QED) is 0.573. The number of imide groups is 1. The number of carbonyl (C=O) groups excluding carboxylic acids is 3. The summed E-state index contributed by atoms with van der Waals surface area (Å²) in [6, 6.07) is 10.9. The van der Waals surface area contributed by atoms with Crippen LogP contribution < -0.4 is 10.2 Å². The minimum Gasteiger partial charge on any atom is -0.462 e. The molecule has 2 aromatic carbocycles. The van der Waals surface area contributed by atoms with E-state index in [1.807, 2.05) is 0 Å². The van der Waals surface area contributed by atoms with Crippen molar-refractivity contribution in [1.29, 1.82) is 0 Å². The number of nitrogens with two attached hydrogens (primary N) is 1. The number of carbonyl (C=O) groups is 3. The first-order valence-electron chi connectivity index (χ1n) is 8.82. The molecule has 146 valence electrons. The highest BCUT2D eigenvalue weighted by atomic mass is 35.5. The molecule has 1 saturated heterocycles. The van der Waals surface area contributed by atoms with Gasteiger partial charge in [0.25, 0.3) is 5.91 Å². The summed E-state index contributed by atoms with van der Waals surface area (Å²) in [6.07, 6.45) is 0.101. The van der Waals surface area contributed by atoms with Gasteiger partial charge in [0.1, 0.15) is 6.54 Å². The Morgan fingerprint density at radius 3 is 2.54 bits per heavy atom. The number of anilines is 1. The molecule has 0 radical (unpaired) electrons. The van der Waals surface area contributed by atoms with Crippen molar-refractivity contribution in [3.8, 4) is 0 Å². The average molecular weight is 422 g/mol. The summed E-state index contributed by atoms with van der Waals surface area (Å²) in [5.41, 5.74) is 1.64. The van der Waals surface area contributed by atoms with Crippen LogP contribution in [0.4, 0.5) is 5.69 Å². The zero-order valence-electron chi connectivity index (χ0n) is 15.2.